The zero-order valence-electron chi connectivity index (χ0n) is 8.88. The standard InChI is InChI=1S/C13H11NOS/c1-9-13(15)14-7-6-10-4-2-3-5-11(10)12(14)8-16-9/h2-9H,1H3. The van der Waals surface area contributed by atoms with E-state index in [-0.39, 0.29) is 11.2 Å². The van der Waals surface area contributed by atoms with Crippen molar-refractivity contribution in [1.29, 1.82) is 0 Å². The first-order valence-electron chi connectivity index (χ1n) is 5.24. The van der Waals surface area contributed by atoms with Crippen LogP contribution in [0, 0.1) is 0 Å². The van der Waals surface area contributed by atoms with Crippen LogP contribution in [0.25, 0.3) is 11.8 Å². The minimum Gasteiger partial charge on any atom is -0.286 e. The first-order valence-corrected chi connectivity index (χ1v) is 6.18. The topological polar surface area (TPSA) is 20.3 Å². The summed E-state index contributed by atoms with van der Waals surface area (Å²) in [5.41, 5.74) is 3.32. The van der Waals surface area contributed by atoms with E-state index in [1.165, 1.54) is 5.56 Å². The molecule has 0 fully saturated rings. The molecule has 2 heterocycles. The van der Waals surface area contributed by atoms with Crippen LogP contribution in [0.5, 0.6) is 0 Å². The van der Waals surface area contributed by atoms with Crippen molar-refractivity contribution in [3.05, 3.63) is 47.0 Å². The highest BCUT2D eigenvalue weighted by atomic mass is 32.2. The fourth-order valence-electron chi connectivity index (χ4n) is 1.97. The Morgan fingerprint density at radius 1 is 1.31 bits per heavy atom. The van der Waals surface area contributed by atoms with Crippen molar-refractivity contribution in [1.82, 2.24) is 4.90 Å². The van der Waals surface area contributed by atoms with E-state index in [0.717, 1.165) is 11.3 Å². The van der Waals surface area contributed by atoms with E-state index in [1.807, 2.05) is 31.3 Å². The Balaban J connectivity index is 2.16. The second-order valence-corrected chi connectivity index (χ2v) is 5.11. The molecule has 3 heteroatoms. The normalized spacial score (nSPS) is 22.6. The average molecular weight is 229 g/mol. The van der Waals surface area contributed by atoms with Gasteiger partial charge in [0.2, 0.25) is 5.91 Å². The smallest absolute Gasteiger partial charge is 0.244 e. The lowest BCUT2D eigenvalue weighted by atomic mass is 10.0. The summed E-state index contributed by atoms with van der Waals surface area (Å²) in [6.07, 6.45) is 3.86. The van der Waals surface area contributed by atoms with Crippen molar-refractivity contribution in [2.45, 2.75) is 12.2 Å². The second kappa shape index (κ2) is 3.52. The van der Waals surface area contributed by atoms with Crippen LogP contribution >= 0.6 is 11.8 Å². The number of carbonyl (C=O) groups excluding carboxylic acids is 1. The summed E-state index contributed by atoms with van der Waals surface area (Å²) in [4.78, 5) is 13.7. The van der Waals surface area contributed by atoms with Crippen molar-refractivity contribution in [3.8, 4) is 0 Å². The fourth-order valence-corrected chi connectivity index (χ4v) is 2.78. The van der Waals surface area contributed by atoms with E-state index in [4.69, 9.17) is 0 Å². The summed E-state index contributed by atoms with van der Waals surface area (Å²) in [5.74, 6) is 0.160. The molecule has 2 aliphatic rings. The molecular formula is C13H11NOS. The Morgan fingerprint density at radius 3 is 3.00 bits per heavy atom. The molecule has 0 saturated heterocycles. The zero-order valence-corrected chi connectivity index (χ0v) is 9.70. The van der Waals surface area contributed by atoms with E-state index >= 15 is 0 Å². The Morgan fingerprint density at radius 2 is 2.12 bits per heavy atom. The number of hydrogen-bond acceptors (Lipinski definition) is 2. The highest BCUT2D eigenvalue weighted by Crippen LogP contribution is 2.36. The zero-order chi connectivity index (χ0) is 11.1. The summed E-state index contributed by atoms with van der Waals surface area (Å²) in [6.45, 7) is 1.94. The van der Waals surface area contributed by atoms with E-state index in [9.17, 15) is 4.79 Å². The Hall–Kier alpha value is -1.48. The summed E-state index contributed by atoms with van der Waals surface area (Å²) in [7, 11) is 0. The van der Waals surface area contributed by atoms with Gasteiger partial charge in [0.1, 0.15) is 0 Å². The molecule has 0 bridgehead atoms. The number of fused-ring (bicyclic) bond motifs is 3. The third kappa shape index (κ3) is 1.32. The molecule has 2 nitrogen and oxygen atoms in total. The Bertz CT molecular complexity index is 518. The lowest BCUT2D eigenvalue weighted by Crippen LogP contribution is -2.34. The third-order valence-electron chi connectivity index (χ3n) is 2.87. The predicted molar refractivity (Wildman–Crippen MR) is 67.4 cm³/mol. The third-order valence-corrected chi connectivity index (χ3v) is 3.84. The van der Waals surface area contributed by atoms with Crippen molar-refractivity contribution in [2.75, 3.05) is 0 Å². The van der Waals surface area contributed by atoms with Gasteiger partial charge in [0.15, 0.2) is 0 Å². The largest absolute Gasteiger partial charge is 0.286 e. The first-order chi connectivity index (χ1) is 7.77. The van der Waals surface area contributed by atoms with Crippen molar-refractivity contribution >= 4 is 29.4 Å². The second-order valence-electron chi connectivity index (χ2n) is 3.89. The molecular weight excluding hydrogens is 218 g/mol. The molecule has 0 saturated carbocycles. The summed E-state index contributed by atoms with van der Waals surface area (Å²) < 4.78 is 0. The highest BCUT2D eigenvalue weighted by molar-refractivity contribution is 8.03. The van der Waals surface area contributed by atoms with E-state index in [2.05, 4.69) is 17.5 Å². The number of benzene rings is 1. The van der Waals surface area contributed by atoms with Gasteiger partial charge in [0.25, 0.3) is 0 Å². The van der Waals surface area contributed by atoms with Crippen LogP contribution in [0.1, 0.15) is 18.1 Å². The molecule has 3 rings (SSSR count). The van der Waals surface area contributed by atoms with Crippen LogP contribution in [-0.2, 0) is 4.79 Å². The SMILES string of the molecule is CC1SC=C2c3ccccc3C=CN2C1=O. The van der Waals surface area contributed by atoms with E-state index < -0.39 is 0 Å². The van der Waals surface area contributed by atoms with Gasteiger partial charge in [-0.2, -0.15) is 0 Å². The summed E-state index contributed by atoms with van der Waals surface area (Å²) in [5, 5.41) is 2.09. The molecule has 2 aliphatic heterocycles. The molecule has 0 spiro atoms. The number of thioether (sulfide) groups is 1. The maximum Gasteiger partial charge on any atom is 0.244 e. The molecule has 0 radical (unpaired) electrons. The van der Waals surface area contributed by atoms with Gasteiger partial charge in [-0.15, -0.1) is 11.8 Å². The highest BCUT2D eigenvalue weighted by Gasteiger charge is 2.29. The number of nitrogens with zero attached hydrogens (tertiary/aromatic N) is 1. The number of hydrogen-bond donors (Lipinski definition) is 0. The van der Waals surface area contributed by atoms with E-state index in [1.54, 1.807) is 16.7 Å². The van der Waals surface area contributed by atoms with Crippen LogP contribution in [0.15, 0.2) is 35.9 Å². The van der Waals surface area contributed by atoms with Crippen molar-refractivity contribution in [3.63, 3.8) is 0 Å². The molecule has 1 amide bonds. The maximum absolute atomic E-state index is 12.0. The van der Waals surface area contributed by atoms with Gasteiger partial charge in [-0.25, -0.2) is 0 Å². The average Bonchev–Trinajstić information content (AvgIpc) is 2.33. The molecule has 0 N–H and O–H groups in total. The van der Waals surface area contributed by atoms with Crippen molar-refractivity contribution in [2.24, 2.45) is 0 Å². The maximum atomic E-state index is 12.0. The van der Waals surface area contributed by atoms with Gasteiger partial charge in [-0.05, 0) is 24.0 Å². The van der Waals surface area contributed by atoms with Crippen LogP contribution in [0.2, 0.25) is 0 Å². The van der Waals surface area contributed by atoms with Gasteiger partial charge in [0.05, 0.1) is 10.9 Å². The fraction of sp³-hybridized carbons (Fsp3) is 0.154. The van der Waals surface area contributed by atoms with Crippen LogP contribution in [0.4, 0.5) is 0 Å². The molecule has 1 aromatic rings. The van der Waals surface area contributed by atoms with Crippen molar-refractivity contribution < 1.29 is 4.79 Å². The molecule has 0 aromatic heterocycles. The van der Waals surface area contributed by atoms with Crippen LogP contribution in [-0.4, -0.2) is 16.1 Å². The molecule has 1 aromatic carbocycles. The quantitative estimate of drug-likeness (QED) is 0.681. The Kier molecular flexibility index (Phi) is 2.14. The van der Waals surface area contributed by atoms with Gasteiger partial charge in [-0.3, -0.25) is 9.69 Å². The molecule has 1 unspecified atom stereocenters. The van der Waals surface area contributed by atoms with Gasteiger partial charge >= 0.3 is 0 Å². The monoisotopic (exact) mass is 229 g/mol. The molecule has 1 atom stereocenters. The van der Waals surface area contributed by atoms with E-state index in [0.29, 0.717) is 0 Å². The lowest BCUT2D eigenvalue weighted by molar-refractivity contribution is -0.125. The minimum atomic E-state index is 0.0127. The number of carbonyl (C=O) groups is 1. The Labute approximate surface area is 98.6 Å². The van der Waals surface area contributed by atoms with Crippen LogP contribution in [0.3, 0.4) is 0 Å². The summed E-state index contributed by atoms with van der Waals surface area (Å²) in [6, 6.07) is 8.14. The molecule has 80 valence electrons. The molecule has 16 heavy (non-hydrogen) atoms. The number of amides is 1. The van der Waals surface area contributed by atoms with Gasteiger partial charge in [-0.1, -0.05) is 24.3 Å². The minimum absolute atomic E-state index is 0.0127. The predicted octanol–water partition coefficient (Wildman–Crippen LogP) is 2.93. The molecule has 0 aliphatic carbocycles. The van der Waals surface area contributed by atoms with Crippen LogP contribution < -0.4 is 0 Å². The number of rotatable bonds is 0. The van der Waals surface area contributed by atoms with Gasteiger partial charge < -0.3 is 0 Å². The lowest BCUT2D eigenvalue weighted by Gasteiger charge is -2.31. The summed E-state index contributed by atoms with van der Waals surface area (Å²) >= 11 is 1.59. The van der Waals surface area contributed by atoms with Gasteiger partial charge in [0, 0.05) is 11.8 Å². The first kappa shape index (κ1) is 9.73.